The Hall–Kier alpha value is -2.92. The Morgan fingerprint density at radius 2 is 1.81 bits per heavy atom. The van der Waals surface area contributed by atoms with E-state index >= 15 is 0 Å². The van der Waals surface area contributed by atoms with E-state index in [1.807, 2.05) is 30.3 Å². The molecule has 1 saturated carbocycles. The lowest BCUT2D eigenvalue weighted by atomic mass is 10.2. The van der Waals surface area contributed by atoms with E-state index in [2.05, 4.69) is 20.6 Å². The fraction of sp³-hybridized carbons (Fsp3) is 0.150. The SMILES string of the molecule is O=C(Nc1cccc(Cl)c1)c1cc(NC2CC2)nc(-c2ccccc2)n1. The van der Waals surface area contributed by atoms with Crippen LogP contribution in [0.25, 0.3) is 11.4 Å². The van der Waals surface area contributed by atoms with Crippen molar-refractivity contribution in [2.75, 3.05) is 10.6 Å². The molecule has 1 aliphatic carbocycles. The van der Waals surface area contributed by atoms with Gasteiger partial charge in [0.15, 0.2) is 5.82 Å². The third kappa shape index (κ3) is 4.00. The van der Waals surface area contributed by atoms with Crippen LogP contribution in [0.2, 0.25) is 5.02 Å². The van der Waals surface area contributed by atoms with E-state index in [1.165, 1.54) is 0 Å². The number of amides is 1. The molecule has 2 N–H and O–H groups in total. The van der Waals surface area contributed by atoms with Gasteiger partial charge in [0.25, 0.3) is 5.91 Å². The van der Waals surface area contributed by atoms with Gasteiger partial charge in [-0.05, 0) is 31.0 Å². The topological polar surface area (TPSA) is 66.9 Å². The van der Waals surface area contributed by atoms with Crippen LogP contribution in [0.4, 0.5) is 11.5 Å². The highest BCUT2D eigenvalue weighted by Gasteiger charge is 2.22. The summed E-state index contributed by atoms with van der Waals surface area (Å²) in [6.07, 6.45) is 2.24. The van der Waals surface area contributed by atoms with Crippen molar-refractivity contribution in [2.24, 2.45) is 0 Å². The number of carbonyl (C=O) groups is 1. The third-order valence-electron chi connectivity index (χ3n) is 4.00. The second-order valence-electron chi connectivity index (χ2n) is 6.21. The van der Waals surface area contributed by atoms with Gasteiger partial charge in [-0.2, -0.15) is 0 Å². The molecule has 0 spiro atoms. The molecule has 130 valence electrons. The second kappa shape index (κ2) is 7.14. The molecule has 0 atom stereocenters. The van der Waals surface area contributed by atoms with Crippen molar-refractivity contribution in [1.29, 1.82) is 0 Å². The van der Waals surface area contributed by atoms with Crippen LogP contribution in [-0.4, -0.2) is 21.9 Å². The second-order valence-corrected chi connectivity index (χ2v) is 6.65. The molecule has 4 rings (SSSR count). The highest BCUT2D eigenvalue weighted by atomic mass is 35.5. The van der Waals surface area contributed by atoms with Crippen molar-refractivity contribution >= 4 is 29.0 Å². The number of anilines is 2. The Balaban J connectivity index is 1.66. The Morgan fingerprint density at radius 3 is 2.54 bits per heavy atom. The zero-order chi connectivity index (χ0) is 17.9. The van der Waals surface area contributed by atoms with Crippen molar-refractivity contribution < 1.29 is 4.79 Å². The number of aromatic nitrogens is 2. The molecule has 5 nitrogen and oxygen atoms in total. The van der Waals surface area contributed by atoms with E-state index in [1.54, 1.807) is 30.3 Å². The number of halogens is 1. The molecule has 6 heteroatoms. The summed E-state index contributed by atoms with van der Waals surface area (Å²) in [5, 5.41) is 6.74. The molecular weight excluding hydrogens is 348 g/mol. The fourth-order valence-corrected chi connectivity index (χ4v) is 2.74. The highest BCUT2D eigenvalue weighted by molar-refractivity contribution is 6.30. The minimum absolute atomic E-state index is 0.300. The predicted octanol–water partition coefficient (Wildman–Crippen LogP) is 4.62. The van der Waals surface area contributed by atoms with E-state index in [0.717, 1.165) is 18.4 Å². The minimum Gasteiger partial charge on any atom is -0.367 e. The summed E-state index contributed by atoms with van der Waals surface area (Å²) in [4.78, 5) is 21.7. The molecule has 1 heterocycles. The summed E-state index contributed by atoms with van der Waals surface area (Å²) in [5.74, 6) is 0.885. The van der Waals surface area contributed by atoms with Crippen molar-refractivity contribution in [3.05, 3.63) is 71.4 Å². The first-order chi connectivity index (χ1) is 12.7. The fourth-order valence-electron chi connectivity index (χ4n) is 2.55. The van der Waals surface area contributed by atoms with Crippen LogP contribution in [-0.2, 0) is 0 Å². The largest absolute Gasteiger partial charge is 0.367 e. The number of hydrogen-bond acceptors (Lipinski definition) is 4. The maximum absolute atomic E-state index is 12.7. The Morgan fingerprint density at radius 1 is 1.00 bits per heavy atom. The average molecular weight is 365 g/mol. The highest BCUT2D eigenvalue weighted by Crippen LogP contribution is 2.26. The average Bonchev–Trinajstić information content (AvgIpc) is 3.46. The molecular formula is C20H17ClN4O. The molecule has 1 fully saturated rings. The van der Waals surface area contributed by atoms with E-state index in [0.29, 0.717) is 34.1 Å². The monoisotopic (exact) mass is 364 g/mol. The summed E-state index contributed by atoms with van der Waals surface area (Å²) >= 11 is 5.98. The molecule has 0 bridgehead atoms. The summed E-state index contributed by atoms with van der Waals surface area (Å²) in [7, 11) is 0. The van der Waals surface area contributed by atoms with Gasteiger partial charge >= 0.3 is 0 Å². The predicted molar refractivity (Wildman–Crippen MR) is 104 cm³/mol. The first kappa shape index (κ1) is 16.5. The van der Waals surface area contributed by atoms with Crippen LogP contribution in [0.3, 0.4) is 0 Å². The van der Waals surface area contributed by atoms with Gasteiger partial charge in [-0.1, -0.05) is 48.0 Å². The number of nitrogens with zero attached hydrogens (tertiary/aromatic N) is 2. The maximum atomic E-state index is 12.7. The van der Waals surface area contributed by atoms with Crippen LogP contribution in [0.5, 0.6) is 0 Å². The summed E-state index contributed by atoms with van der Waals surface area (Å²) in [5.41, 5.74) is 1.80. The molecule has 26 heavy (non-hydrogen) atoms. The lowest BCUT2D eigenvalue weighted by molar-refractivity contribution is 0.102. The van der Waals surface area contributed by atoms with Gasteiger partial charge in [0.05, 0.1) is 0 Å². The summed E-state index contributed by atoms with van der Waals surface area (Å²) in [6, 6.07) is 18.8. The van der Waals surface area contributed by atoms with Gasteiger partial charge in [0.1, 0.15) is 11.5 Å². The molecule has 2 aromatic carbocycles. The van der Waals surface area contributed by atoms with Gasteiger partial charge in [-0.3, -0.25) is 4.79 Å². The van der Waals surface area contributed by atoms with E-state index < -0.39 is 0 Å². The van der Waals surface area contributed by atoms with Crippen molar-refractivity contribution in [3.63, 3.8) is 0 Å². The molecule has 1 aromatic heterocycles. The van der Waals surface area contributed by atoms with Crippen LogP contribution in [0.1, 0.15) is 23.3 Å². The first-order valence-electron chi connectivity index (χ1n) is 8.45. The van der Waals surface area contributed by atoms with Crippen molar-refractivity contribution in [1.82, 2.24) is 9.97 Å². The Labute approximate surface area is 156 Å². The molecule has 1 aliphatic rings. The third-order valence-corrected chi connectivity index (χ3v) is 4.24. The van der Waals surface area contributed by atoms with Crippen molar-refractivity contribution in [3.8, 4) is 11.4 Å². The normalized spacial score (nSPS) is 13.3. The number of nitrogens with one attached hydrogen (secondary N) is 2. The zero-order valence-corrected chi connectivity index (χ0v) is 14.7. The standard InChI is InChI=1S/C20H17ClN4O/c21-14-7-4-8-16(11-14)23-20(26)17-12-18(22-15-9-10-15)25-19(24-17)13-5-2-1-3-6-13/h1-8,11-12,15H,9-10H2,(H,23,26)(H,22,24,25). The quantitative estimate of drug-likeness (QED) is 0.693. The number of benzene rings is 2. The molecule has 3 aromatic rings. The number of carbonyl (C=O) groups excluding carboxylic acids is 1. The zero-order valence-electron chi connectivity index (χ0n) is 13.9. The molecule has 1 amide bonds. The summed E-state index contributed by atoms with van der Waals surface area (Å²) in [6.45, 7) is 0. The first-order valence-corrected chi connectivity index (χ1v) is 8.83. The molecule has 0 unspecified atom stereocenters. The Bertz CT molecular complexity index is 942. The molecule has 0 saturated heterocycles. The van der Waals surface area contributed by atoms with E-state index in [9.17, 15) is 4.79 Å². The minimum atomic E-state index is -0.300. The molecule has 0 radical (unpaired) electrons. The van der Waals surface area contributed by atoms with Gasteiger partial charge in [-0.15, -0.1) is 0 Å². The Kier molecular flexibility index (Phi) is 4.54. The van der Waals surface area contributed by atoms with E-state index in [4.69, 9.17) is 11.6 Å². The van der Waals surface area contributed by atoms with Gasteiger partial charge in [-0.25, -0.2) is 9.97 Å². The van der Waals surface area contributed by atoms with Crippen molar-refractivity contribution in [2.45, 2.75) is 18.9 Å². The number of rotatable bonds is 5. The maximum Gasteiger partial charge on any atom is 0.274 e. The smallest absolute Gasteiger partial charge is 0.274 e. The van der Waals surface area contributed by atoms with Crippen LogP contribution in [0.15, 0.2) is 60.7 Å². The lowest BCUT2D eigenvalue weighted by Gasteiger charge is -2.10. The van der Waals surface area contributed by atoms with Gasteiger partial charge in [0.2, 0.25) is 0 Å². The van der Waals surface area contributed by atoms with Gasteiger partial charge in [0, 0.05) is 28.4 Å². The van der Waals surface area contributed by atoms with Gasteiger partial charge < -0.3 is 10.6 Å². The summed E-state index contributed by atoms with van der Waals surface area (Å²) < 4.78 is 0. The van der Waals surface area contributed by atoms with Crippen LogP contribution >= 0.6 is 11.6 Å². The lowest BCUT2D eigenvalue weighted by Crippen LogP contribution is -2.16. The van der Waals surface area contributed by atoms with Crippen LogP contribution < -0.4 is 10.6 Å². The molecule has 0 aliphatic heterocycles. The van der Waals surface area contributed by atoms with E-state index in [-0.39, 0.29) is 5.91 Å². The van der Waals surface area contributed by atoms with Crippen LogP contribution in [0, 0.1) is 0 Å². The number of hydrogen-bond donors (Lipinski definition) is 2.